The lowest BCUT2D eigenvalue weighted by Crippen LogP contribution is -2.14. The maximum atomic E-state index is 6.05. The monoisotopic (exact) mass is 285 g/mol. The molecule has 2 N–H and O–H groups in total. The highest BCUT2D eigenvalue weighted by atomic mass is 79.9. The summed E-state index contributed by atoms with van der Waals surface area (Å²) in [6.07, 6.45) is 3.86. The molecule has 0 amide bonds. The van der Waals surface area contributed by atoms with E-state index in [1.54, 1.807) is 0 Å². The highest BCUT2D eigenvalue weighted by Gasteiger charge is 2.15. The number of nitrogens with two attached hydrogens (primary N) is 1. The highest BCUT2D eigenvalue weighted by molar-refractivity contribution is 9.10. The topological polar surface area (TPSA) is 26.0 Å². The third-order valence-electron chi connectivity index (χ3n) is 2.91. The molecule has 1 saturated heterocycles. The Kier molecular flexibility index (Phi) is 3.98. The molecular formula is C12H16BrNS. The van der Waals surface area contributed by atoms with Crippen molar-refractivity contribution in [3.63, 3.8) is 0 Å². The van der Waals surface area contributed by atoms with Gasteiger partial charge in [0, 0.05) is 10.2 Å². The molecule has 0 aliphatic carbocycles. The van der Waals surface area contributed by atoms with Gasteiger partial charge in [-0.3, -0.25) is 0 Å². The zero-order valence-corrected chi connectivity index (χ0v) is 11.1. The van der Waals surface area contributed by atoms with Crippen molar-refractivity contribution in [1.82, 2.24) is 0 Å². The SMILES string of the molecule is Nc1c(Br)cccc1CC1CCCSC1. The third kappa shape index (κ3) is 2.91. The number of rotatable bonds is 2. The molecule has 1 nitrogen and oxygen atoms in total. The average Bonchev–Trinajstić information content (AvgIpc) is 2.26. The number of halogens is 1. The Labute approximate surface area is 104 Å². The summed E-state index contributed by atoms with van der Waals surface area (Å²) in [7, 11) is 0. The van der Waals surface area contributed by atoms with Crippen LogP contribution in [0, 0.1) is 5.92 Å². The van der Waals surface area contributed by atoms with Crippen molar-refractivity contribution >= 4 is 33.4 Å². The van der Waals surface area contributed by atoms with E-state index < -0.39 is 0 Å². The second-order valence-electron chi connectivity index (χ2n) is 4.10. The number of para-hydroxylation sites is 1. The molecule has 0 aromatic heterocycles. The molecule has 1 atom stereocenters. The van der Waals surface area contributed by atoms with E-state index in [0.717, 1.165) is 22.5 Å². The Morgan fingerprint density at radius 3 is 3.07 bits per heavy atom. The van der Waals surface area contributed by atoms with Gasteiger partial charge in [0.05, 0.1) is 0 Å². The molecule has 82 valence electrons. The van der Waals surface area contributed by atoms with Crippen molar-refractivity contribution in [3.05, 3.63) is 28.2 Å². The van der Waals surface area contributed by atoms with Crippen LogP contribution in [-0.4, -0.2) is 11.5 Å². The molecule has 0 bridgehead atoms. The second-order valence-corrected chi connectivity index (χ2v) is 6.10. The van der Waals surface area contributed by atoms with Gasteiger partial charge in [-0.25, -0.2) is 0 Å². The van der Waals surface area contributed by atoms with E-state index in [1.807, 2.05) is 6.07 Å². The quantitative estimate of drug-likeness (QED) is 0.839. The van der Waals surface area contributed by atoms with Gasteiger partial charge in [-0.15, -0.1) is 0 Å². The molecular weight excluding hydrogens is 270 g/mol. The lowest BCUT2D eigenvalue weighted by atomic mass is 9.95. The molecule has 1 unspecified atom stereocenters. The number of hydrogen-bond acceptors (Lipinski definition) is 2. The van der Waals surface area contributed by atoms with Gasteiger partial charge in [0.1, 0.15) is 0 Å². The van der Waals surface area contributed by atoms with Crippen molar-refractivity contribution in [1.29, 1.82) is 0 Å². The second kappa shape index (κ2) is 5.26. The van der Waals surface area contributed by atoms with Crippen molar-refractivity contribution in [3.8, 4) is 0 Å². The van der Waals surface area contributed by atoms with E-state index in [9.17, 15) is 0 Å². The molecule has 0 radical (unpaired) electrons. The molecule has 1 aromatic rings. The lowest BCUT2D eigenvalue weighted by molar-refractivity contribution is 0.522. The number of nitrogen functional groups attached to an aromatic ring is 1. The first-order chi connectivity index (χ1) is 7.27. The Hall–Kier alpha value is -0.150. The summed E-state index contributed by atoms with van der Waals surface area (Å²) < 4.78 is 1.03. The fourth-order valence-corrected chi connectivity index (χ4v) is 3.60. The van der Waals surface area contributed by atoms with Crippen LogP contribution in [0.3, 0.4) is 0 Å². The largest absolute Gasteiger partial charge is 0.398 e. The number of benzene rings is 1. The summed E-state index contributed by atoms with van der Waals surface area (Å²) in [5.41, 5.74) is 8.27. The van der Waals surface area contributed by atoms with Crippen LogP contribution in [0.5, 0.6) is 0 Å². The Morgan fingerprint density at radius 2 is 2.33 bits per heavy atom. The fraction of sp³-hybridized carbons (Fsp3) is 0.500. The molecule has 15 heavy (non-hydrogen) atoms. The van der Waals surface area contributed by atoms with Gasteiger partial charge in [-0.05, 0) is 64.2 Å². The Bertz CT molecular complexity index is 334. The zero-order chi connectivity index (χ0) is 10.7. The fourth-order valence-electron chi connectivity index (χ4n) is 2.04. The van der Waals surface area contributed by atoms with Crippen LogP contribution in [0.4, 0.5) is 5.69 Å². The summed E-state index contributed by atoms with van der Waals surface area (Å²) in [4.78, 5) is 0. The van der Waals surface area contributed by atoms with Crippen LogP contribution in [0.2, 0.25) is 0 Å². The predicted molar refractivity (Wildman–Crippen MR) is 72.3 cm³/mol. The van der Waals surface area contributed by atoms with Gasteiger partial charge in [-0.2, -0.15) is 11.8 Å². The molecule has 1 aromatic carbocycles. The first-order valence-electron chi connectivity index (χ1n) is 5.38. The minimum atomic E-state index is 0.820. The smallest absolute Gasteiger partial charge is 0.0491 e. The maximum Gasteiger partial charge on any atom is 0.0491 e. The first kappa shape index (κ1) is 11.3. The minimum Gasteiger partial charge on any atom is -0.398 e. The highest BCUT2D eigenvalue weighted by Crippen LogP contribution is 2.30. The van der Waals surface area contributed by atoms with Crippen LogP contribution in [-0.2, 0) is 6.42 Å². The normalized spacial score (nSPS) is 21.5. The standard InChI is InChI=1S/C12H16BrNS/c13-11-5-1-4-10(12(11)14)7-9-3-2-6-15-8-9/h1,4-5,9H,2-3,6-8,14H2. The van der Waals surface area contributed by atoms with Crippen LogP contribution in [0.15, 0.2) is 22.7 Å². The van der Waals surface area contributed by atoms with E-state index in [0.29, 0.717) is 0 Å². The van der Waals surface area contributed by atoms with Gasteiger partial charge in [0.25, 0.3) is 0 Å². The molecule has 2 rings (SSSR count). The summed E-state index contributed by atoms with van der Waals surface area (Å²) in [5.74, 6) is 3.46. The molecule has 0 saturated carbocycles. The van der Waals surface area contributed by atoms with Gasteiger partial charge < -0.3 is 5.73 Å². The van der Waals surface area contributed by atoms with Gasteiger partial charge in [0.15, 0.2) is 0 Å². The van der Waals surface area contributed by atoms with Gasteiger partial charge in [-0.1, -0.05) is 12.1 Å². The molecule has 1 aliphatic heterocycles. The van der Waals surface area contributed by atoms with Crippen LogP contribution in [0.1, 0.15) is 18.4 Å². The number of thioether (sulfide) groups is 1. The van der Waals surface area contributed by atoms with E-state index in [-0.39, 0.29) is 0 Å². The lowest BCUT2D eigenvalue weighted by Gasteiger charge is -2.22. The first-order valence-corrected chi connectivity index (χ1v) is 7.33. The van der Waals surface area contributed by atoms with E-state index in [1.165, 1.54) is 29.9 Å². The van der Waals surface area contributed by atoms with Crippen LogP contribution in [0.25, 0.3) is 0 Å². The number of anilines is 1. The molecule has 1 heterocycles. The van der Waals surface area contributed by atoms with E-state index >= 15 is 0 Å². The Morgan fingerprint density at radius 1 is 1.47 bits per heavy atom. The van der Waals surface area contributed by atoms with Crippen LogP contribution < -0.4 is 5.73 Å². The molecule has 3 heteroatoms. The van der Waals surface area contributed by atoms with Crippen molar-refractivity contribution in [2.45, 2.75) is 19.3 Å². The van der Waals surface area contributed by atoms with Crippen molar-refractivity contribution in [2.75, 3.05) is 17.2 Å². The van der Waals surface area contributed by atoms with Crippen LogP contribution >= 0.6 is 27.7 Å². The minimum absolute atomic E-state index is 0.820. The molecule has 1 aliphatic rings. The maximum absolute atomic E-state index is 6.05. The molecule has 0 spiro atoms. The van der Waals surface area contributed by atoms with E-state index in [2.05, 4.69) is 39.8 Å². The molecule has 1 fully saturated rings. The van der Waals surface area contributed by atoms with E-state index in [4.69, 9.17) is 5.73 Å². The average molecular weight is 286 g/mol. The summed E-state index contributed by atoms with van der Waals surface area (Å²) in [6.45, 7) is 0. The predicted octanol–water partition coefficient (Wildman–Crippen LogP) is 3.72. The summed E-state index contributed by atoms with van der Waals surface area (Å²) >= 11 is 5.56. The van der Waals surface area contributed by atoms with Crippen molar-refractivity contribution in [2.24, 2.45) is 5.92 Å². The third-order valence-corrected chi connectivity index (χ3v) is 4.88. The van der Waals surface area contributed by atoms with Gasteiger partial charge >= 0.3 is 0 Å². The number of hydrogen-bond donors (Lipinski definition) is 1. The summed E-state index contributed by atoms with van der Waals surface area (Å²) in [6, 6.07) is 6.24. The summed E-state index contributed by atoms with van der Waals surface area (Å²) in [5, 5.41) is 0. The van der Waals surface area contributed by atoms with Gasteiger partial charge in [0.2, 0.25) is 0 Å². The van der Waals surface area contributed by atoms with Crippen molar-refractivity contribution < 1.29 is 0 Å². The zero-order valence-electron chi connectivity index (χ0n) is 8.71. The Balaban J connectivity index is 2.06.